The molecule has 1 fully saturated rings. The van der Waals surface area contributed by atoms with Crippen molar-refractivity contribution in [2.24, 2.45) is 0 Å². The molecule has 146 valence electrons. The van der Waals surface area contributed by atoms with Crippen molar-refractivity contribution in [3.05, 3.63) is 95.6 Å². The maximum Gasteiger partial charge on any atom is 0.265 e. The van der Waals surface area contributed by atoms with Gasteiger partial charge in [0, 0.05) is 5.69 Å². The maximum atomic E-state index is 13.5. The van der Waals surface area contributed by atoms with Gasteiger partial charge in [-0.2, -0.15) is 0 Å². The molecule has 1 saturated heterocycles. The quantitative estimate of drug-likeness (QED) is 0.693. The molecule has 1 unspecified atom stereocenters. The van der Waals surface area contributed by atoms with E-state index in [1.165, 1.54) is 16.8 Å². The molecule has 0 aliphatic carbocycles. The summed E-state index contributed by atoms with van der Waals surface area (Å²) in [7, 11) is 0. The van der Waals surface area contributed by atoms with Gasteiger partial charge in [-0.1, -0.05) is 67.6 Å². The fourth-order valence-electron chi connectivity index (χ4n) is 4.53. The summed E-state index contributed by atoms with van der Waals surface area (Å²) < 4.78 is 0. The van der Waals surface area contributed by atoms with Crippen LogP contribution < -0.4 is 10.3 Å². The number of hydrogen-bond acceptors (Lipinski definition) is 3. The number of nitrogens with one attached hydrogen (secondary N) is 1. The van der Waals surface area contributed by atoms with E-state index >= 15 is 0 Å². The Balaban J connectivity index is 1.60. The Labute approximate surface area is 171 Å². The van der Waals surface area contributed by atoms with E-state index in [1.54, 1.807) is 0 Å². The van der Waals surface area contributed by atoms with Gasteiger partial charge in [-0.05, 0) is 54.2 Å². The first-order valence-corrected chi connectivity index (χ1v) is 10.4. The third-order valence-corrected chi connectivity index (χ3v) is 6.03. The van der Waals surface area contributed by atoms with Gasteiger partial charge < -0.3 is 4.90 Å². The summed E-state index contributed by atoms with van der Waals surface area (Å²) in [6.45, 7) is 2.16. The van der Waals surface area contributed by atoms with Crippen LogP contribution in [0.4, 0.5) is 11.4 Å². The lowest BCUT2D eigenvalue weighted by Gasteiger charge is -2.37. The Bertz CT molecular complexity index is 1020. The fourth-order valence-corrected chi connectivity index (χ4v) is 4.53. The predicted octanol–water partition coefficient (Wildman–Crippen LogP) is 4.94. The first kappa shape index (κ1) is 17.8. The molecular formula is C25H25N3O. The number of nitrogens with zero attached hydrogens (tertiary/aromatic N) is 2. The van der Waals surface area contributed by atoms with E-state index in [2.05, 4.69) is 65.8 Å². The highest BCUT2D eigenvalue weighted by Gasteiger charge is 2.49. The molecule has 3 aromatic rings. The van der Waals surface area contributed by atoms with Crippen molar-refractivity contribution in [2.75, 3.05) is 10.3 Å². The first-order chi connectivity index (χ1) is 14.3. The van der Waals surface area contributed by atoms with Crippen molar-refractivity contribution in [3.63, 3.8) is 0 Å². The smallest absolute Gasteiger partial charge is 0.265 e. The average molecular weight is 383 g/mol. The highest BCUT2D eigenvalue weighted by atomic mass is 16.2. The standard InChI is InChI=1S/C25H25N3O/c1-2-18-12-14-20(15-13-18)24-27-22-11-7-6-8-19(22)16-17-23(27)25(29)28(24)26-21-9-4-3-5-10-21/h3-15,23-24,26H,2,16-17H2,1H3/t23?,24-/m1/s1. The summed E-state index contributed by atoms with van der Waals surface area (Å²) in [5, 5.41) is 1.82. The second kappa shape index (κ2) is 7.28. The zero-order valence-electron chi connectivity index (χ0n) is 16.6. The highest BCUT2D eigenvalue weighted by molar-refractivity contribution is 5.92. The lowest BCUT2D eigenvalue weighted by Crippen LogP contribution is -2.38. The number of hydrogen-bond donors (Lipinski definition) is 1. The predicted molar refractivity (Wildman–Crippen MR) is 117 cm³/mol. The fraction of sp³-hybridized carbons (Fsp3) is 0.240. The van der Waals surface area contributed by atoms with E-state index < -0.39 is 0 Å². The average Bonchev–Trinajstić information content (AvgIpc) is 3.06. The zero-order chi connectivity index (χ0) is 19.8. The second-order valence-electron chi connectivity index (χ2n) is 7.75. The van der Waals surface area contributed by atoms with Crippen molar-refractivity contribution in [1.82, 2.24) is 5.01 Å². The maximum absolute atomic E-state index is 13.5. The Morgan fingerprint density at radius 2 is 1.66 bits per heavy atom. The van der Waals surface area contributed by atoms with Gasteiger partial charge in [-0.15, -0.1) is 0 Å². The van der Waals surface area contributed by atoms with Crippen molar-refractivity contribution < 1.29 is 4.79 Å². The van der Waals surface area contributed by atoms with E-state index in [-0.39, 0.29) is 18.1 Å². The number of carbonyl (C=O) groups excluding carboxylic acids is 1. The largest absolute Gasteiger partial charge is 0.333 e. The molecule has 0 bridgehead atoms. The van der Waals surface area contributed by atoms with Gasteiger partial charge >= 0.3 is 0 Å². The van der Waals surface area contributed by atoms with Crippen molar-refractivity contribution in [1.29, 1.82) is 0 Å². The number of rotatable bonds is 4. The number of amides is 1. The van der Waals surface area contributed by atoms with Gasteiger partial charge in [0.15, 0.2) is 6.17 Å². The number of benzene rings is 3. The summed E-state index contributed by atoms with van der Waals surface area (Å²) in [4.78, 5) is 15.8. The molecule has 2 heterocycles. The van der Waals surface area contributed by atoms with Crippen LogP contribution in [-0.4, -0.2) is 17.0 Å². The molecule has 1 amide bonds. The normalized spacial score (nSPS) is 20.4. The highest BCUT2D eigenvalue weighted by Crippen LogP contribution is 2.44. The number of para-hydroxylation sites is 2. The monoisotopic (exact) mass is 383 g/mol. The molecule has 29 heavy (non-hydrogen) atoms. The van der Waals surface area contributed by atoms with Crippen LogP contribution in [-0.2, 0) is 17.6 Å². The molecule has 4 nitrogen and oxygen atoms in total. The molecule has 2 aliphatic heterocycles. The van der Waals surface area contributed by atoms with Crippen molar-refractivity contribution in [2.45, 2.75) is 38.4 Å². The number of hydrazine groups is 1. The van der Waals surface area contributed by atoms with Gasteiger partial charge in [0.05, 0.1) is 5.69 Å². The van der Waals surface area contributed by atoms with E-state index in [0.717, 1.165) is 30.5 Å². The van der Waals surface area contributed by atoms with Crippen molar-refractivity contribution >= 4 is 17.3 Å². The Morgan fingerprint density at radius 1 is 0.931 bits per heavy atom. The van der Waals surface area contributed by atoms with Crippen LogP contribution >= 0.6 is 0 Å². The third-order valence-electron chi connectivity index (χ3n) is 6.03. The van der Waals surface area contributed by atoms with Crippen LogP contribution in [0.1, 0.15) is 36.2 Å². The minimum atomic E-state index is -0.180. The summed E-state index contributed by atoms with van der Waals surface area (Å²) in [5.41, 5.74) is 9.22. The molecular weight excluding hydrogens is 358 g/mol. The first-order valence-electron chi connectivity index (χ1n) is 10.4. The van der Waals surface area contributed by atoms with E-state index in [0.29, 0.717) is 0 Å². The number of anilines is 2. The minimum Gasteiger partial charge on any atom is -0.333 e. The van der Waals surface area contributed by atoms with E-state index in [9.17, 15) is 4.79 Å². The Hall–Kier alpha value is -3.27. The van der Waals surface area contributed by atoms with Gasteiger partial charge in [-0.25, -0.2) is 5.01 Å². The van der Waals surface area contributed by atoms with Crippen LogP contribution in [0.3, 0.4) is 0 Å². The molecule has 0 saturated carbocycles. The molecule has 1 N–H and O–H groups in total. The van der Waals surface area contributed by atoms with Crippen LogP contribution in [0.15, 0.2) is 78.9 Å². The SMILES string of the molecule is CCc1ccc([C@H]2N(Nc3ccccc3)C(=O)C3CCc4ccccc4N32)cc1. The molecule has 0 radical (unpaired) electrons. The Kier molecular flexibility index (Phi) is 4.47. The van der Waals surface area contributed by atoms with Crippen LogP contribution in [0.2, 0.25) is 0 Å². The molecule has 5 rings (SSSR count). The van der Waals surface area contributed by atoms with Gasteiger partial charge in [-0.3, -0.25) is 10.2 Å². The molecule has 3 aromatic carbocycles. The number of aryl methyl sites for hydroxylation is 2. The lowest BCUT2D eigenvalue weighted by atomic mass is 9.95. The summed E-state index contributed by atoms with van der Waals surface area (Å²) in [6.07, 6.45) is 2.60. The topological polar surface area (TPSA) is 35.6 Å². The molecule has 2 atom stereocenters. The van der Waals surface area contributed by atoms with Crippen LogP contribution in [0.25, 0.3) is 0 Å². The molecule has 0 aromatic heterocycles. The van der Waals surface area contributed by atoms with Crippen LogP contribution in [0.5, 0.6) is 0 Å². The van der Waals surface area contributed by atoms with Gasteiger partial charge in [0.25, 0.3) is 5.91 Å². The van der Waals surface area contributed by atoms with E-state index in [4.69, 9.17) is 0 Å². The summed E-state index contributed by atoms with van der Waals surface area (Å²) >= 11 is 0. The second-order valence-corrected chi connectivity index (χ2v) is 7.75. The van der Waals surface area contributed by atoms with Gasteiger partial charge in [0.2, 0.25) is 0 Å². The van der Waals surface area contributed by atoms with Crippen molar-refractivity contribution in [3.8, 4) is 0 Å². The zero-order valence-corrected chi connectivity index (χ0v) is 16.6. The molecule has 2 aliphatic rings. The molecule has 4 heteroatoms. The summed E-state index contributed by atoms with van der Waals surface area (Å²) in [6, 6.07) is 26.9. The minimum absolute atomic E-state index is 0.132. The van der Waals surface area contributed by atoms with Crippen LogP contribution in [0, 0.1) is 0 Å². The lowest BCUT2D eigenvalue weighted by molar-refractivity contribution is -0.128. The van der Waals surface area contributed by atoms with Gasteiger partial charge in [0.1, 0.15) is 6.04 Å². The number of fused-ring (bicyclic) bond motifs is 3. The third kappa shape index (κ3) is 3.05. The van der Waals surface area contributed by atoms with E-state index in [1.807, 2.05) is 35.3 Å². The number of carbonyl (C=O) groups is 1. The molecule has 0 spiro atoms. The Morgan fingerprint density at radius 3 is 2.41 bits per heavy atom. The summed E-state index contributed by atoms with van der Waals surface area (Å²) in [5.74, 6) is 0.132.